The van der Waals surface area contributed by atoms with E-state index in [0.29, 0.717) is 17.5 Å². The van der Waals surface area contributed by atoms with Crippen molar-refractivity contribution in [2.45, 2.75) is 58.1 Å². The maximum atomic E-state index is 12.5. The highest BCUT2D eigenvalue weighted by atomic mass is 32.2. The molecule has 0 saturated carbocycles. The zero-order valence-electron chi connectivity index (χ0n) is 13.0. The predicted octanol–water partition coefficient (Wildman–Crippen LogP) is 2.51. The maximum Gasteiger partial charge on any atom is 0.241 e. The molecule has 1 unspecified atom stereocenters. The fraction of sp³-hybridized carbons (Fsp3) is 0.600. The first-order chi connectivity index (χ1) is 9.24. The summed E-state index contributed by atoms with van der Waals surface area (Å²) in [6, 6.07) is 7.35. The molecule has 2 N–H and O–H groups in total. The molecule has 1 rings (SSSR count). The van der Waals surface area contributed by atoms with E-state index in [1.54, 1.807) is 12.1 Å². The second kappa shape index (κ2) is 7.20. The van der Waals surface area contributed by atoms with E-state index in [1.165, 1.54) is 0 Å². The van der Waals surface area contributed by atoms with Gasteiger partial charge in [0, 0.05) is 18.6 Å². The second-order valence-electron chi connectivity index (χ2n) is 5.80. The Kier molecular flexibility index (Phi) is 6.17. The Hall–Kier alpha value is -0.910. The number of rotatable bonds is 7. The van der Waals surface area contributed by atoms with Crippen LogP contribution in [0.2, 0.25) is 0 Å². The van der Waals surface area contributed by atoms with Gasteiger partial charge in [-0.2, -0.15) is 0 Å². The lowest BCUT2D eigenvalue weighted by Gasteiger charge is -2.19. The lowest BCUT2D eigenvalue weighted by Crippen LogP contribution is -2.36. The molecule has 0 aromatic heterocycles. The van der Waals surface area contributed by atoms with Crippen LogP contribution >= 0.6 is 0 Å². The van der Waals surface area contributed by atoms with Crippen molar-refractivity contribution in [1.82, 2.24) is 10.0 Å². The van der Waals surface area contributed by atoms with Crippen LogP contribution in [0, 0.1) is 5.92 Å². The highest BCUT2D eigenvalue weighted by Crippen LogP contribution is 2.17. The number of hydrogen-bond donors (Lipinski definition) is 2. The first-order valence-electron chi connectivity index (χ1n) is 7.07. The quantitative estimate of drug-likeness (QED) is 0.813. The number of nitrogens with one attached hydrogen (secondary N) is 2. The normalized spacial score (nSPS) is 13.9. The van der Waals surface area contributed by atoms with Crippen LogP contribution in [0.1, 0.15) is 40.2 Å². The fourth-order valence-electron chi connectivity index (χ4n) is 1.67. The molecule has 0 heterocycles. The summed E-state index contributed by atoms with van der Waals surface area (Å²) in [4.78, 5) is 0.362. The molecule has 20 heavy (non-hydrogen) atoms. The third kappa shape index (κ3) is 4.89. The SMILES string of the molecule is CC(C)NCc1ccccc1S(=O)(=O)NC(C)C(C)C. The van der Waals surface area contributed by atoms with Crippen LogP contribution in [0.25, 0.3) is 0 Å². The molecule has 114 valence electrons. The van der Waals surface area contributed by atoms with Crippen molar-refractivity contribution in [3.8, 4) is 0 Å². The van der Waals surface area contributed by atoms with Gasteiger partial charge in [-0.15, -0.1) is 0 Å². The average molecular weight is 298 g/mol. The predicted molar refractivity (Wildman–Crippen MR) is 83.0 cm³/mol. The minimum absolute atomic E-state index is 0.0916. The molecule has 0 radical (unpaired) electrons. The van der Waals surface area contributed by atoms with Gasteiger partial charge in [0.1, 0.15) is 0 Å². The van der Waals surface area contributed by atoms with Crippen molar-refractivity contribution in [2.75, 3.05) is 0 Å². The minimum Gasteiger partial charge on any atom is -0.310 e. The molecule has 0 bridgehead atoms. The molecular formula is C15H26N2O2S. The summed E-state index contributed by atoms with van der Waals surface area (Å²) < 4.78 is 27.7. The van der Waals surface area contributed by atoms with Crippen molar-refractivity contribution in [1.29, 1.82) is 0 Å². The monoisotopic (exact) mass is 298 g/mol. The van der Waals surface area contributed by atoms with Gasteiger partial charge in [-0.25, -0.2) is 13.1 Å². The molecular weight excluding hydrogens is 272 g/mol. The van der Waals surface area contributed by atoms with E-state index in [1.807, 2.05) is 46.8 Å². The van der Waals surface area contributed by atoms with Gasteiger partial charge >= 0.3 is 0 Å². The van der Waals surface area contributed by atoms with Crippen LogP contribution < -0.4 is 10.0 Å². The van der Waals surface area contributed by atoms with E-state index in [4.69, 9.17) is 0 Å². The second-order valence-corrected chi connectivity index (χ2v) is 7.48. The smallest absolute Gasteiger partial charge is 0.241 e. The van der Waals surface area contributed by atoms with Gasteiger partial charge in [0.05, 0.1) is 4.90 Å². The topological polar surface area (TPSA) is 58.2 Å². The molecule has 0 saturated heterocycles. The summed E-state index contributed by atoms with van der Waals surface area (Å²) in [5, 5.41) is 3.26. The van der Waals surface area contributed by atoms with Gasteiger partial charge in [-0.1, -0.05) is 45.9 Å². The van der Waals surface area contributed by atoms with Crippen molar-refractivity contribution >= 4 is 10.0 Å². The zero-order chi connectivity index (χ0) is 15.3. The summed E-state index contributed by atoms with van der Waals surface area (Å²) in [6.07, 6.45) is 0. The van der Waals surface area contributed by atoms with Crippen molar-refractivity contribution < 1.29 is 8.42 Å². The highest BCUT2D eigenvalue weighted by Gasteiger charge is 2.21. The van der Waals surface area contributed by atoms with E-state index in [2.05, 4.69) is 10.0 Å². The lowest BCUT2D eigenvalue weighted by atomic mass is 10.1. The van der Waals surface area contributed by atoms with E-state index in [0.717, 1.165) is 5.56 Å². The summed E-state index contributed by atoms with van der Waals surface area (Å²) in [5.41, 5.74) is 0.796. The van der Waals surface area contributed by atoms with E-state index in [9.17, 15) is 8.42 Å². The number of hydrogen-bond acceptors (Lipinski definition) is 3. The standard InChI is InChI=1S/C15H26N2O2S/c1-11(2)13(5)17-20(18,19)15-9-7-6-8-14(15)10-16-12(3)4/h6-9,11-13,16-17H,10H2,1-5H3. The largest absolute Gasteiger partial charge is 0.310 e. The maximum absolute atomic E-state index is 12.5. The van der Waals surface area contributed by atoms with Crippen molar-refractivity contribution in [3.05, 3.63) is 29.8 Å². The molecule has 0 fully saturated rings. The van der Waals surface area contributed by atoms with Crippen molar-refractivity contribution in [3.63, 3.8) is 0 Å². The summed E-state index contributed by atoms with van der Waals surface area (Å²) >= 11 is 0. The molecule has 1 aromatic carbocycles. The summed E-state index contributed by atoms with van der Waals surface area (Å²) in [6.45, 7) is 10.5. The Morgan fingerprint density at radius 2 is 1.65 bits per heavy atom. The first kappa shape index (κ1) is 17.1. The Labute approximate surface area is 123 Å². The van der Waals surface area contributed by atoms with Gasteiger partial charge < -0.3 is 5.32 Å². The molecule has 1 aromatic rings. The van der Waals surface area contributed by atoms with Gasteiger partial charge in [0.2, 0.25) is 10.0 Å². The molecule has 0 aliphatic heterocycles. The average Bonchev–Trinajstić information content (AvgIpc) is 2.36. The Morgan fingerprint density at radius 1 is 1.05 bits per heavy atom. The third-order valence-electron chi connectivity index (χ3n) is 3.30. The van der Waals surface area contributed by atoms with Crippen LogP contribution in [0.3, 0.4) is 0 Å². The van der Waals surface area contributed by atoms with Crippen LogP contribution in [0.4, 0.5) is 0 Å². The van der Waals surface area contributed by atoms with Gasteiger partial charge in [0.15, 0.2) is 0 Å². The molecule has 0 amide bonds. The summed E-state index contributed by atoms with van der Waals surface area (Å²) in [7, 11) is -3.47. The Morgan fingerprint density at radius 3 is 2.20 bits per heavy atom. The first-order valence-corrected chi connectivity index (χ1v) is 8.56. The van der Waals surface area contributed by atoms with E-state index in [-0.39, 0.29) is 12.0 Å². The van der Waals surface area contributed by atoms with Gasteiger partial charge in [0.25, 0.3) is 0 Å². The molecule has 0 spiro atoms. The molecule has 4 nitrogen and oxygen atoms in total. The molecule has 5 heteroatoms. The molecule has 1 atom stereocenters. The number of benzene rings is 1. The minimum atomic E-state index is -3.47. The Bertz CT molecular complexity index is 524. The number of sulfonamides is 1. The van der Waals surface area contributed by atoms with Crippen LogP contribution in [0.5, 0.6) is 0 Å². The zero-order valence-corrected chi connectivity index (χ0v) is 13.8. The van der Waals surface area contributed by atoms with Gasteiger partial charge in [-0.3, -0.25) is 0 Å². The third-order valence-corrected chi connectivity index (χ3v) is 4.96. The van der Waals surface area contributed by atoms with E-state index >= 15 is 0 Å². The van der Waals surface area contributed by atoms with Crippen LogP contribution in [-0.2, 0) is 16.6 Å². The summed E-state index contributed by atoms with van der Waals surface area (Å²) in [5.74, 6) is 0.255. The highest BCUT2D eigenvalue weighted by molar-refractivity contribution is 7.89. The van der Waals surface area contributed by atoms with Crippen LogP contribution in [0.15, 0.2) is 29.2 Å². The lowest BCUT2D eigenvalue weighted by molar-refractivity contribution is 0.476. The Balaban J connectivity index is 2.99. The molecule has 0 aliphatic rings. The fourth-order valence-corrected chi connectivity index (χ4v) is 3.30. The molecule has 0 aliphatic carbocycles. The van der Waals surface area contributed by atoms with E-state index < -0.39 is 10.0 Å². The van der Waals surface area contributed by atoms with Crippen LogP contribution in [-0.4, -0.2) is 20.5 Å². The van der Waals surface area contributed by atoms with Gasteiger partial charge in [-0.05, 0) is 24.5 Å². The van der Waals surface area contributed by atoms with Crippen molar-refractivity contribution in [2.24, 2.45) is 5.92 Å².